The van der Waals surface area contributed by atoms with Crippen molar-refractivity contribution in [3.05, 3.63) is 59.7 Å². The minimum absolute atomic E-state index is 0.132. The maximum absolute atomic E-state index is 12.2. The normalized spacial score (nSPS) is 10.1. The van der Waals surface area contributed by atoms with Gasteiger partial charge in [0.05, 0.1) is 13.0 Å². The van der Waals surface area contributed by atoms with Crippen LogP contribution in [0.4, 0.5) is 5.69 Å². The number of anilines is 1. The van der Waals surface area contributed by atoms with Gasteiger partial charge in [-0.2, -0.15) is 0 Å². The Labute approximate surface area is 142 Å². The lowest BCUT2D eigenvalue weighted by Gasteiger charge is -2.08. The summed E-state index contributed by atoms with van der Waals surface area (Å²) in [5.74, 6) is 0.503. The molecular formula is C19H22N2O3. The number of carbonyl (C=O) groups excluding carboxylic acids is 2. The van der Waals surface area contributed by atoms with Crippen molar-refractivity contribution in [2.24, 2.45) is 0 Å². The van der Waals surface area contributed by atoms with Crippen molar-refractivity contribution in [3.8, 4) is 5.75 Å². The van der Waals surface area contributed by atoms with Gasteiger partial charge in [-0.3, -0.25) is 9.59 Å². The van der Waals surface area contributed by atoms with Crippen molar-refractivity contribution in [1.29, 1.82) is 0 Å². The molecule has 0 saturated carbocycles. The van der Waals surface area contributed by atoms with Crippen molar-refractivity contribution in [3.63, 3.8) is 0 Å². The molecule has 2 aromatic rings. The first-order valence-corrected chi connectivity index (χ1v) is 8.02. The average molecular weight is 326 g/mol. The molecule has 126 valence electrons. The van der Waals surface area contributed by atoms with E-state index in [1.165, 1.54) is 0 Å². The van der Waals surface area contributed by atoms with Crippen LogP contribution in [-0.2, 0) is 11.2 Å². The topological polar surface area (TPSA) is 67.4 Å². The third-order valence-electron chi connectivity index (χ3n) is 3.34. The molecule has 0 radical (unpaired) electrons. The van der Waals surface area contributed by atoms with Gasteiger partial charge >= 0.3 is 0 Å². The van der Waals surface area contributed by atoms with Gasteiger partial charge in [-0.25, -0.2) is 0 Å². The van der Waals surface area contributed by atoms with E-state index in [0.717, 1.165) is 11.3 Å². The molecule has 0 heterocycles. The molecule has 5 nitrogen and oxygen atoms in total. The first-order valence-electron chi connectivity index (χ1n) is 8.02. The summed E-state index contributed by atoms with van der Waals surface area (Å²) >= 11 is 0. The van der Waals surface area contributed by atoms with E-state index in [-0.39, 0.29) is 18.2 Å². The molecule has 0 aliphatic carbocycles. The van der Waals surface area contributed by atoms with Crippen molar-refractivity contribution < 1.29 is 14.3 Å². The van der Waals surface area contributed by atoms with E-state index in [0.29, 0.717) is 24.4 Å². The Morgan fingerprint density at radius 2 is 1.79 bits per heavy atom. The maximum Gasteiger partial charge on any atom is 0.251 e. The standard InChI is InChI=1S/C19H22N2O3/c1-3-20-19(23)15-6-5-7-16(13-15)21-18(22)12-14-8-10-17(11-9-14)24-4-2/h5-11,13H,3-4,12H2,1-2H3,(H,20,23)(H,21,22). The van der Waals surface area contributed by atoms with Crippen LogP contribution in [0, 0.1) is 0 Å². The van der Waals surface area contributed by atoms with Crippen molar-refractivity contribution >= 4 is 17.5 Å². The molecule has 0 unspecified atom stereocenters. The first kappa shape index (κ1) is 17.5. The van der Waals surface area contributed by atoms with Gasteiger partial charge in [-0.1, -0.05) is 18.2 Å². The highest BCUT2D eigenvalue weighted by atomic mass is 16.5. The number of nitrogens with one attached hydrogen (secondary N) is 2. The Morgan fingerprint density at radius 3 is 2.46 bits per heavy atom. The third kappa shape index (κ3) is 5.12. The maximum atomic E-state index is 12.2. The van der Waals surface area contributed by atoms with E-state index in [1.807, 2.05) is 38.1 Å². The lowest BCUT2D eigenvalue weighted by Crippen LogP contribution is -2.23. The molecule has 0 aromatic heterocycles. The Balaban J connectivity index is 1.96. The second kappa shape index (κ2) is 8.72. The van der Waals surface area contributed by atoms with E-state index >= 15 is 0 Å². The molecule has 0 bridgehead atoms. The van der Waals surface area contributed by atoms with Gasteiger partial charge in [0.25, 0.3) is 5.91 Å². The average Bonchev–Trinajstić information content (AvgIpc) is 2.57. The summed E-state index contributed by atoms with van der Waals surface area (Å²) in [6.07, 6.45) is 0.262. The highest BCUT2D eigenvalue weighted by Gasteiger charge is 2.08. The first-order chi connectivity index (χ1) is 11.6. The highest BCUT2D eigenvalue weighted by Crippen LogP contribution is 2.14. The Hall–Kier alpha value is -2.82. The SMILES string of the molecule is CCNC(=O)c1cccc(NC(=O)Cc2ccc(OCC)cc2)c1. The fourth-order valence-corrected chi connectivity index (χ4v) is 2.26. The van der Waals surface area contributed by atoms with E-state index in [4.69, 9.17) is 4.74 Å². The van der Waals surface area contributed by atoms with Crippen LogP contribution in [0.1, 0.15) is 29.8 Å². The molecule has 0 spiro atoms. The van der Waals surface area contributed by atoms with Gasteiger partial charge in [-0.15, -0.1) is 0 Å². The van der Waals surface area contributed by atoms with Gasteiger partial charge in [0.2, 0.25) is 5.91 Å². The van der Waals surface area contributed by atoms with Crippen molar-refractivity contribution in [2.75, 3.05) is 18.5 Å². The van der Waals surface area contributed by atoms with Gasteiger partial charge in [-0.05, 0) is 49.7 Å². The van der Waals surface area contributed by atoms with Gasteiger partial charge in [0.1, 0.15) is 5.75 Å². The number of ether oxygens (including phenoxy) is 1. The van der Waals surface area contributed by atoms with E-state index in [9.17, 15) is 9.59 Å². The van der Waals surface area contributed by atoms with Gasteiger partial charge < -0.3 is 15.4 Å². The smallest absolute Gasteiger partial charge is 0.251 e. The lowest BCUT2D eigenvalue weighted by atomic mass is 10.1. The molecule has 2 N–H and O–H groups in total. The summed E-state index contributed by atoms with van der Waals surface area (Å²) < 4.78 is 5.38. The number of benzene rings is 2. The van der Waals surface area contributed by atoms with Crippen LogP contribution in [-0.4, -0.2) is 25.0 Å². The fourth-order valence-electron chi connectivity index (χ4n) is 2.26. The zero-order valence-electron chi connectivity index (χ0n) is 14.0. The minimum Gasteiger partial charge on any atom is -0.494 e. The molecule has 0 fully saturated rings. The van der Waals surface area contributed by atoms with E-state index in [1.54, 1.807) is 24.3 Å². The van der Waals surface area contributed by atoms with Crippen LogP contribution >= 0.6 is 0 Å². The number of amides is 2. The zero-order chi connectivity index (χ0) is 17.4. The molecule has 2 rings (SSSR count). The van der Waals surface area contributed by atoms with Crippen LogP contribution in [0.2, 0.25) is 0 Å². The van der Waals surface area contributed by atoms with E-state index < -0.39 is 0 Å². The third-order valence-corrected chi connectivity index (χ3v) is 3.34. The molecule has 2 aromatic carbocycles. The molecular weight excluding hydrogens is 304 g/mol. The monoisotopic (exact) mass is 326 g/mol. The molecule has 0 atom stereocenters. The quantitative estimate of drug-likeness (QED) is 0.822. The Morgan fingerprint density at radius 1 is 1.04 bits per heavy atom. The number of carbonyl (C=O) groups is 2. The van der Waals surface area contributed by atoms with Crippen LogP contribution in [0.15, 0.2) is 48.5 Å². The van der Waals surface area contributed by atoms with E-state index in [2.05, 4.69) is 10.6 Å². The summed E-state index contributed by atoms with van der Waals surface area (Å²) in [6, 6.07) is 14.3. The van der Waals surface area contributed by atoms with Crippen LogP contribution < -0.4 is 15.4 Å². The molecule has 0 saturated heterocycles. The van der Waals surface area contributed by atoms with Gasteiger partial charge in [0, 0.05) is 17.8 Å². The number of rotatable bonds is 7. The van der Waals surface area contributed by atoms with Crippen LogP contribution in [0.5, 0.6) is 5.75 Å². The molecule has 0 aliphatic rings. The molecule has 24 heavy (non-hydrogen) atoms. The Bertz CT molecular complexity index is 696. The predicted octanol–water partition coefficient (Wildman–Crippen LogP) is 3.02. The highest BCUT2D eigenvalue weighted by molar-refractivity contribution is 5.97. The van der Waals surface area contributed by atoms with Crippen molar-refractivity contribution in [1.82, 2.24) is 5.32 Å². The molecule has 5 heteroatoms. The Kier molecular flexibility index (Phi) is 6.37. The fraction of sp³-hybridized carbons (Fsp3) is 0.263. The molecule has 2 amide bonds. The summed E-state index contributed by atoms with van der Waals surface area (Å²) in [7, 11) is 0. The minimum atomic E-state index is -0.153. The number of hydrogen-bond acceptors (Lipinski definition) is 3. The largest absolute Gasteiger partial charge is 0.494 e. The second-order valence-corrected chi connectivity index (χ2v) is 5.24. The summed E-state index contributed by atoms with van der Waals surface area (Å²) in [5, 5.41) is 5.55. The lowest BCUT2D eigenvalue weighted by molar-refractivity contribution is -0.115. The predicted molar refractivity (Wildman–Crippen MR) is 94.4 cm³/mol. The molecule has 0 aliphatic heterocycles. The van der Waals surface area contributed by atoms with Crippen molar-refractivity contribution in [2.45, 2.75) is 20.3 Å². The summed E-state index contributed by atoms with van der Waals surface area (Å²) in [4.78, 5) is 24.0. The van der Waals surface area contributed by atoms with Gasteiger partial charge in [0.15, 0.2) is 0 Å². The van der Waals surface area contributed by atoms with Crippen LogP contribution in [0.25, 0.3) is 0 Å². The van der Waals surface area contributed by atoms with Crippen LogP contribution in [0.3, 0.4) is 0 Å². The summed E-state index contributed by atoms with van der Waals surface area (Å²) in [6.45, 7) is 4.96. The summed E-state index contributed by atoms with van der Waals surface area (Å²) in [5.41, 5.74) is 2.03. The second-order valence-electron chi connectivity index (χ2n) is 5.24. The zero-order valence-corrected chi connectivity index (χ0v) is 14.0. The number of hydrogen-bond donors (Lipinski definition) is 2.